The van der Waals surface area contributed by atoms with E-state index in [0.717, 1.165) is 88.9 Å². The minimum Gasteiger partial charge on any atom is -0.381 e. The van der Waals surface area contributed by atoms with E-state index in [0.29, 0.717) is 72.7 Å². The van der Waals surface area contributed by atoms with Crippen LogP contribution >= 0.6 is 0 Å². The molecule has 296 valence electrons. The highest BCUT2D eigenvalue weighted by Gasteiger charge is 2.34. The zero-order valence-electron chi connectivity index (χ0n) is 32.9. The molecule has 0 spiro atoms. The Balaban J connectivity index is 0.849. The molecule has 4 fully saturated rings. The number of hydrogen-bond donors (Lipinski definition) is 0. The zero-order valence-corrected chi connectivity index (χ0v) is 32.9. The van der Waals surface area contributed by atoms with Crippen LogP contribution in [0.4, 0.5) is 8.78 Å². The maximum Gasteiger partial charge on any atom is 0.160 e. The second-order valence-electron chi connectivity index (χ2n) is 16.8. The second-order valence-corrected chi connectivity index (χ2v) is 16.8. The summed E-state index contributed by atoms with van der Waals surface area (Å²) in [6.07, 6.45) is 19.3. The van der Waals surface area contributed by atoms with Crippen LogP contribution in [0.3, 0.4) is 0 Å². The van der Waals surface area contributed by atoms with E-state index in [-0.39, 0.29) is 24.2 Å². The molecule has 2 aliphatic heterocycles. The Kier molecular flexibility index (Phi) is 16.5. The van der Waals surface area contributed by atoms with Crippen molar-refractivity contribution in [2.75, 3.05) is 39.6 Å². The molecule has 4 aliphatic rings. The van der Waals surface area contributed by atoms with Gasteiger partial charge in [0.25, 0.3) is 0 Å². The molecule has 0 N–H and O–H groups in total. The molecule has 2 aromatic rings. The Morgan fingerprint density at radius 1 is 0.547 bits per heavy atom. The molecule has 5 nitrogen and oxygen atoms in total. The SMILES string of the molecule is CCCCCC1COC(C2CCC(c3ccc(CCOCCc4ccc(C5CCC(C6OCC(CCCCC)CO6)CC5)cc4F)c(F)c3)CC2)OC1. The summed E-state index contributed by atoms with van der Waals surface area (Å²) in [5.41, 5.74) is 3.55. The quantitative estimate of drug-likeness (QED) is 0.143. The predicted octanol–water partition coefficient (Wildman–Crippen LogP) is 11.5. The largest absolute Gasteiger partial charge is 0.381 e. The van der Waals surface area contributed by atoms with E-state index in [1.807, 2.05) is 12.1 Å². The van der Waals surface area contributed by atoms with Crippen molar-refractivity contribution in [3.05, 3.63) is 70.3 Å². The summed E-state index contributed by atoms with van der Waals surface area (Å²) < 4.78 is 60.8. The van der Waals surface area contributed by atoms with Crippen LogP contribution in [0.1, 0.15) is 151 Å². The van der Waals surface area contributed by atoms with Gasteiger partial charge in [-0.25, -0.2) is 8.78 Å². The molecule has 6 rings (SSSR count). The zero-order chi connectivity index (χ0) is 36.8. The Morgan fingerprint density at radius 3 is 1.30 bits per heavy atom. The lowest BCUT2D eigenvalue weighted by molar-refractivity contribution is -0.229. The Morgan fingerprint density at radius 2 is 0.943 bits per heavy atom. The molecule has 2 aromatic carbocycles. The van der Waals surface area contributed by atoms with Gasteiger partial charge in [0, 0.05) is 23.7 Å². The molecule has 0 atom stereocenters. The van der Waals surface area contributed by atoms with E-state index in [1.165, 1.54) is 51.4 Å². The summed E-state index contributed by atoms with van der Waals surface area (Å²) >= 11 is 0. The van der Waals surface area contributed by atoms with Crippen LogP contribution in [0.25, 0.3) is 0 Å². The summed E-state index contributed by atoms with van der Waals surface area (Å²) in [4.78, 5) is 0. The van der Waals surface area contributed by atoms with Crippen molar-refractivity contribution in [1.82, 2.24) is 0 Å². The standard InChI is InChI=1S/C46H68F2O5/c1-3-5-7-9-33-29-50-45(51-30-33)39-17-11-35(12-18-39)41-21-15-37(43(47)27-41)23-25-49-26-24-38-16-22-42(28-44(38)48)36-13-19-40(20-14-36)46-52-31-34(32-53-46)10-8-6-4-2/h15-16,21-22,27-28,33-36,39-40,45-46H,3-14,17-20,23-26,29-32H2,1-2H3. The summed E-state index contributed by atoms with van der Waals surface area (Å²) in [5, 5.41) is 0. The number of benzene rings is 2. The van der Waals surface area contributed by atoms with Gasteiger partial charge >= 0.3 is 0 Å². The average Bonchev–Trinajstić information content (AvgIpc) is 3.20. The summed E-state index contributed by atoms with van der Waals surface area (Å²) in [6.45, 7) is 8.60. The summed E-state index contributed by atoms with van der Waals surface area (Å²) in [7, 11) is 0. The molecule has 2 aliphatic carbocycles. The molecule has 0 aromatic heterocycles. The van der Waals surface area contributed by atoms with Crippen LogP contribution in [-0.4, -0.2) is 52.2 Å². The molecule has 2 saturated carbocycles. The maximum atomic E-state index is 15.2. The van der Waals surface area contributed by atoms with Gasteiger partial charge in [-0.3, -0.25) is 0 Å². The highest BCUT2D eigenvalue weighted by Crippen LogP contribution is 2.41. The Hall–Kier alpha value is -1.90. The van der Waals surface area contributed by atoms with E-state index in [1.54, 1.807) is 12.1 Å². The third-order valence-corrected chi connectivity index (χ3v) is 12.9. The molecule has 53 heavy (non-hydrogen) atoms. The highest BCUT2D eigenvalue weighted by atomic mass is 19.1. The van der Waals surface area contributed by atoms with E-state index in [2.05, 4.69) is 26.0 Å². The monoisotopic (exact) mass is 739 g/mol. The number of halogens is 2. The molecule has 7 heteroatoms. The van der Waals surface area contributed by atoms with Gasteiger partial charge in [0.1, 0.15) is 11.6 Å². The van der Waals surface area contributed by atoms with E-state index in [9.17, 15) is 0 Å². The van der Waals surface area contributed by atoms with Gasteiger partial charge < -0.3 is 23.7 Å². The van der Waals surface area contributed by atoms with Crippen molar-refractivity contribution in [2.45, 2.75) is 154 Å². The van der Waals surface area contributed by atoms with Crippen molar-refractivity contribution in [2.24, 2.45) is 23.7 Å². The fourth-order valence-corrected chi connectivity index (χ4v) is 9.32. The normalized spacial score (nSPS) is 29.7. The smallest absolute Gasteiger partial charge is 0.160 e. The second kappa shape index (κ2) is 21.4. The first-order chi connectivity index (χ1) is 26.0. The Bertz CT molecular complexity index is 1240. The van der Waals surface area contributed by atoms with Crippen molar-refractivity contribution < 1.29 is 32.5 Å². The van der Waals surface area contributed by atoms with Gasteiger partial charge in [-0.1, -0.05) is 76.6 Å². The van der Waals surface area contributed by atoms with Gasteiger partial charge in [-0.2, -0.15) is 0 Å². The number of ether oxygens (including phenoxy) is 5. The number of rotatable bonds is 18. The van der Waals surface area contributed by atoms with E-state index in [4.69, 9.17) is 23.7 Å². The molecule has 2 heterocycles. The topological polar surface area (TPSA) is 46.2 Å². The maximum absolute atomic E-state index is 15.2. The van der Waals surface area contributed by atoms with Crippen LogP contribution in [0.15, 0.2) is 36.4 Å². The lowest BCUT2D eigenvalue weighted by Crippen LogP contribution is -2.38. The molecule has 0 unspecified atom stereocenters. The van der Waals surface area contributed by atoms with Gasteiger partial charge in [0.05, 0.1) is 39.6 Å². The third-order valence-electron chi connectivity index (χ3n) is 12.9. The van der Waals surface area contributed by atoms with Crippen molar-refractivity contribution in [1.29, 1.82) is 0 Å². The van der Waals surface area contributed by atoms with Crippen molar-refractivity contribution >= 4 is 0 Å². The minimum absolute atomic E-state index is 0.0741. The van der Waals surface area contributed by atoms with E-state index < -0.39 is 0 Å². The van der Waals surface area contributed by atoms with Crippen LogP contribution in [0.2, 0.25) is 0 Å². The lowest BCUT2D eigenvalue weighted by Gasteiger charge is -2.37. The van der Waals surface area contributed by atoms with Crippen molar-refractivity contribution in [3.8, 4) is 0 Å². The lowest BCUT2D eigenvalue weighted by atomic mass is 9.78. The molecular weight excluding hydrogens is 670 g/mol. The first kappa shape index (κ1) is 40.8. The number of hydrogen-bond acceptors (Lipinski definition) is 5. The third kappa shape index (κ3) is 12.0. The first-order valence-corrected chi connectivity index (χ1v) is 21.6. The van der Waals surface area contributed by atoms with E-state index >= 15 is 8.78 Å². The molecular formula is C46H68F2O5. The molecule has 2 saturated heterocycles. The molecule has 0 bridgehead atoms. The minimum atomic E-state index is -0.151. The summed E-state index contributed by atoms with van der Waals surface area (Å²) in [5.74, 6) is 2.41. The van der Waals surface area contributed by atoms with Crippen LogP contribution in [0.5, 0.6) is 0 Å². The molecule has 0 radical (unpaired) electrons. The first-order valence-electron chi connectivity index (χ1n) is 21.6. The van der Waals surface area contributed by atoms with Gasteiger partial charge in [-0.15, -0.1) is 0 Å². The summed E-state index contributed by atoms with van der Waals surface area (Å²) in [6, 6.07) is 11.5. The van der Waals surface area contributed by atoms with Gasteiger partial charge in [0.2, 0.25) is 0 Å². The van der Waals surface area contributed by atoms with Gasteiger partial charge in [-0.05, 0) is 123 Å². The van der Waals surface area contributed by atoms with Crippen LogP contribution in [-0.2, 0) is 36.5 Å². The average molecular weight is 739 g/mol. The fourth-order valence-electron chi connectivity index (χ4n) is 9.32. The number of unbranched alkanes of at least 4 members (excludes halogenated alkanes) is 4. The van der Waals surface area contributed by atoms with Crippen LogP contribution in [0, 0.1) is 35.3 Å². The van der Waals surface area contributed by atoms with Crippen LogP contribution < -0.4 is 0 Å². The predicted molar refractivity (Wildman–Crippen MR) is 207 cm³/mol. The Labute approximate surface area is 319 Å². The van der Waals surface area contributed by atoms with Gasteiger partial charge in [0.15, 0.2) is 12.6 Å². The fraction of sp³-hybridized carbons (Fsp3) is 0.739. The molecule has 0 amide bonds. The van der Waals surface area contributed by atoms with Crippen molar-refractivity contribution in [3.63, 3.8) is 0 Å². The highest BCUT2D eigenvalue weighted by molar-refractivity contribution is 5.29.